The quantitative estimate of drug-likeness (QED) is 0.699. The largest absolute Gasteiger partial charge is 0.325 e. The highest BCUT2D eigenvalue weighted by Gasteiger charge is 2.52. The van der Waals surface area contributed by atoms with Crippen molar-refractivity contribution < 1.29 is 18.8 Å². The number of carbonyl (C=O) groups is 3. The van der Waals surface area contributed by atoms with Crippen molar-refractivity contribution >= 4 is 23.5 Å². The van der Waals surface area contributed by atoms with Crippen LogP contribution in [0.5, 0.6) is 0 Å². The molecular weight excluding hydrogens is 373 g/mol. The van der Waals surface area contributed by atoms with E-state index in [4.69, 9.17) is 0 Å². The number of hydrogen-bond donors (Lipinski definition) is 2. The first-order chi connectivity index (χ1) is 13.9. The average molecular weight is 397 g/mol. The van der Waals surface area contributed by atoms with Crippen LogP contribution in [0.3, 0.4) is 0 Å². The number of para-hydroxylation sites is 1. The van der Waals surface area contributed by atoms with Gasteiger partial charge in [-0.25, -0.2) is 9.18 Å². The number of amides is 4. The van der Waals surface area contributed by atoms with Crippen molar-refractivity contribution in [1.82, 2.24) is 10.2 Å². The van der Waals surface area contributed by atoms with Gasteiger partial charge in [0.25, 0.3) is 5.91 Å². The van der Waals surface area contributed by atoms with Crippen molar-refractivity contribution in [1.29, 1.82) is 0 Å². The first kappa shape index (κ1) is 20.5. The molecular formula is C22H24FN3O3. The average Bonchev–Trinajstić information content (AvgIpc) is 2.94. The first-order valence-electron chi connectivity index (χ1n) is 9.63. The first-order valence-corrected chi connectivity index (χ1v) is 9.63. The fraction of sp³-hybridized carbons (Fsp3) is 0.318. The molecule has 6 nitrogen and oxygen atoms in total. The molecule has 2 N–H and O–H groups in total. The SMILES string of the molecule is CCCC[C@]1(c2ccc(F)cc2)NC(=O)N(CC(=O)Nc2ccccc2C)C1=O. The van der Waals surface area contributed by atoms with Crippen LogP contribution < -0.4 is 10.6 Å². The number of nitrogens with zero attached hydrogens (tertiary/aromatic N) is 1. The Kier molecular flexibility index (Phi) is 5.96. The molecule has 0 bridgehead atoms. The number of imide groups is 1. The van der Waals surface area contributed by atoms with E-state index in [1.165, 1.54) is 24.3 Å². The third-order valence-corrected chi connectivity index (χ3v) is 5.14. The van der Waals surface area contributed by atoms with Crippen molar-refractivity contribution in [3.05, 3.63) is 65.5 Å². The summed E-state index contributed by atoms with van der Waals surface area (Å²) in [5, 5.41) is 5.49. The third-order valence-electron chi connectivity index (χ3n) is 5.14. The Hall–Kier alpha value is -3.22. The van der Waals surface area contributed by atoms with E-state index in [0.29, 0.717) is 24.1 Å². The van der Waals surface area contributed by atoms with Gasteiger partial charge in [0, 0.05) is 5.69 Å². The fourth-order valence-electron chi connectivity index (χ4n) is 3.50. The molecule has 1 aliphatic rings. The second kappa shape index (κ2) is 8.43. The van der Waals surface area contributed by atoms with Crippen molar-refractivity contribution in [3.63, 3.8) is 0 Å². The lowest BCUT2D eigenvalue weighted by Crippen LogP contribution is -2.44. The molecule has 7 heteroatoms. The lowest BCUT2D eigenvalue weighted by Gasteiger charge is -2.27. The van der Waals surface area contributed by atoms with Crippen molar-refractivity contribution in [2.45, 2.75) is 38.6 Å². The summed E-state index contributed by atoms with van der Waals surface area (Å²) in [4.78, 5) is 39.3. The van der Waals surface area contributed by atoms with Crippen LogP contribution in [0.4, 0.5) is 14.9 Å². The van der Waals surface area contributed by atoms with Gasteiger partial charge < -0.3 is 10.6 Å². The number of benzene rings is 2. The van der Waals surface area contributed by atoms with E-state index in [9.17, 15) is 18.8 Å². The number of urea groups is 1. The van der Waals surface area contributed by atoms with Crippen LogP contribution in [0, 0.1) is 12.7 Å². The summed E-state index contributed by atoms with van der Waals surface area (Å²) >= 11 is 0. The van der Waals surface area contributed by atoms with E-state index in [2.05, 4.69) is 10.6 Å². The summed E-state index contributed by atoms with van der Waals surface area (Å²) < 4.78 is 13.4. The lowest BCUT2D eigenvalue weighted by atomic mass is 9.85. The van der Waals surface area contributed by atoms with Gasteiger partial charge in [0.2, 0.25) is 5.91 Å². The summed E-state index contributed by atoms with van der Waals surface area (Å²) in [6, 6.07) is 12.1. The number of nitrogens with one attached hydrogen (secondary N) is 2. The van der Waals surface area contributed by atoms with Gasteiger partial charge in [-0.3, -0.25) is 14.5 Å². The standard InChI is InChI=1S/C22H24FN3O3/c1-3-4-13-22(16-9-11-17(23)12-10-16)20(28)26(21(29)25-22)14-19(27)24-18-8-6-5-7-15(18)2/h5-12H,3-4,13-14H2,1-2H3,(H,24,27)(H,25,29)/t22-/m1/s1. The van der Waals surface area contributed by atoms with Gasteiger partial charge in [0.05, 0.1) is 0 Å². The molecule has 29 heavy (non-hydrogen) atoms. The normalized spacial score (nSPS) is 18.7. The Labute approximate surface area is 169 Å². The minimum Gasteiger partial charge on any atom is -0.324 e. The molecule has 0 spiro atoms. The molecule has 152 valence electrons. The molecule has 0 saturated carbocycles. The summed E-state index contributed by atoms with van der Waals surface area (Å²) in [6.45, 7) is 3.44. The fourth-order valence-corrected chi connectivity index (χ4v) is 3.50. The smallest absolute Gasteiger partial charge is 0.324 e. The Bertz CT molecular complexity index is 929. The van der Waals surface area contributed by atoms with E-state index in [1.807, 2.05) is 26.0 Å². The van der Waals surface area contributed by atoms with Crippen molar-refractivity contribution in [2.24, 2.45) is 0 Å². The Balaban J connectivity index is 1.83. The van der Waals surface area contributed by atoms with Gasteiger partial charge in [0.1, 0.15) is 17.9 Å². The molecule has 4 amide bonds. The van der Waals surface area contributed by atoms with E-state index in [-0.39, 0.29) is 0 Å². The van der Waals surface area contributed by atoms with Crippen LogP contribution in [0.1, 0.15) is 37.3 Å². The Morgan fingerprint density at radius 3 is 2.48 bits per heavy atom. The van der Waals surface area contributed by atoms with E-state index < -0.39 is 35.7 Å². The van der Waals surface area contributed by atoms with E-state index >= 15 is 0 Å². The van der Waals surface area contributed by atoms with Gasteiger partial charge in [-0.1, -0.05) is 50.1 Å². The van der Waals surface area contributed by atoms with Gasteiger partial charge in [-0.15, -0.1) is 0 Å². The second-order valence-electron chi connectivity index (χ2n) is 7.20. The Morgan fingerprint density at radius 1 is 1.14 bits per heavy atom. The van der Waals surface area contributed by atoms with Crippen LogP contribution in [0.2, 0.25) is 0 Å². The summed E-state index contributed by atoms with van der Waals surface area (Å²) in [5.41, 5.74) is 0.721. The molecule has 1 heterocycles. The van der Waals surface area contributed by atoms with E-state index in [0.717, 1.165) is 16.9 Å². The van der Waals surface area contributed by atoms with Crippen molar-refractivity contribution in [3.8, 4) is 0 Å². The van der Waals surface area contributed by atoms with Crippen LogP contribution in [0.15, 0.2) is 48.5 Å². The third kappa shape index (κ3) is 4.13. The monoisotopic (exact) mass is 397 g/mol. The maximum Gasteiger partial charge on any atom is 0.325 e. The van der Waals surface area contributed by atoms with Crippen LogP contribution in [-0.2, 0) is 15.1 Å². The maximum absolute atomic E-state index is 13.4. The Morgan fingerprint density at radius 2 is 1.83 bits per heavy atom. The molecule has 0 radical (unpaired) electrons. The molecule has 3 rings (SSSR count). The summed E-state index contributed by atoms with van der Waals surface area (Å²) in [6.07, 6.45) is 1.88. The van der Waals surface area contributed by atoms with Gasteiger partial charge in [0.15, 0.2) is 0 Å². The molecule has 0 aromatic heterocycles. The summed E-state index contributed by atoms with van der Waals surface area (Å²) in [7, 11) is 0. The molecule has 0 unspecified atom stereocenters. The maximum atomic E-state index is 13.4. The molecule has 2 aromatic carbocycles. The van der Waals surface area contributed by atoms with E-state index in [1.54, 1.807) is 12.1 Å². The number of unbranched alkanes of at least 4 members (excludes halogenated alkanes) is 1. The highest BCUT2D eigenvalue weighted by atomic mass is 19.1. The number of rotatable bonds is 7. The number of carbonyl (C=O) groups excluding carboxylic acids is 3. The predicted octanol–water partition coefficient (Wildman–Crippen LogP) is 3.71. The zero-order valence-electron chi connectivity index (χ0n) is 16.5. The molecule has 2 aromatic rings. The van der Waals surface area contributed by atoms with Crippen LogP contribution in [0.25, 0.3) is 0 Å². The predicted molar refractivity (Wildman–Crippen MR) is 108 cm³/mol. The van der Waals surface area contributed by atoms with Crippen LogP contribution in [-0.4, -0.2) is 29.3 Å². The van der Waals surface area contributed by atoms with Gasteiger partial charge in [-0.2, -0.15) is 0 Å². The zero-order valence-corrected chi connectivity index (χ0v) is 16.5. The number of halogens is 1. The van der Waals surface area contributed by atoms with Gasteiger partial charge >= 0.3 is 6.03 Å². The zero-order chi connectivity index (χ0) is 21.0. The topological polar surface area (TPSA) is 78.5 Å². The molecule has 1 fully saturated rings. The molecule has 1 aliphatic heterocycles. The summed E-state index contributed by atoms with van der Waals surface area (Å²) in [5.74, 6) is -1.39. The lowest BCUT2D eigenvalue weighted by molar-refractivity contribution is -0.134. The minimum absolute atomic E-state index is 0.371. The second-order valence-corrected chi connectivity index (χ2v) is 7.20. The number of anilines is 1. The minimum atomic E-state index is -1.29. The van der Waals surface area contributed by atoms with Gasteiger partial charge in [-0.05, 0) is 42.7 Å². The van der Waals surface area contributed by atoms with Crippen molar-refractivity contribution in [2.75, 3.05) is 11.9 Å². The number of aryl methyl sites for hydroxylation is 1. The highest BCUT2D eigenvalue weighted by Crippen LogP contribution is 2.34. The molecule has 1 atom stereocenters. The highest BCUT2D eigenvalue weighted by molar-refractivity contribution is 6.10. The molecule has 0 aliphatic carbocycles. The molecule has 1 saturated heterocycles. The number of hydrogen-bond acceptors (Lipinski definition) is 3. The van der Waals surface area contributed by atoms with Crippen LogP contribution >= 0.6 is 0 Å².